The molecule has 96 valence electrons. The number of ether oxygens (including phenoxy) is 1. The first-order chi connectivity index (χ1) is 8.49. The molecular formula is C15H18O3. The van der Waals surface area contributed by atoms with E-state index in [1.54, 1.807) is 6.08 Å². The van der Waals surface area contributed by atoms with Crippen LogP contribution in [-0.4, -0.2) is 17.9 Å². The van der Waals surface area contributed by atoms with Crippen molar-refractivity contribution in [3.8, 4) is 0 Å². The highest BCUT2D eigenvalue weighted by molar-refractivity contribution is 5.91. The third kappa shape index (κ3) is 2.45. The molecule has 0 bridgehead atoms. The van der Waals surface area contributed by atoms with Crippen LogP contribution in [0.1, 0.15) is 26.7 Å². The van der Waals surface area contributed by atoms with E-state index in [2.05, 4.69) is 19.6 Å². The second kappa shape index (κ2) is 4.92. The Morgan fingerprint density at radius 3 is 2.94 bits per heavy atom. The van der Waals surface area contributed by atoms with Gasteiger partial charge in [0.2, 0.25) is 0 Å². The van der Waals surface area contributed by atoms with Gasteiger partial charge in [0.25, 0.3) is 0 Å². The van der Waals surface area contributed by atoms with Crippen LogP contribution in [0.3, 0.4) is 0 Å². The smallest absolute Gasteiger partial charge is 0.334 e. The standard InChI is InChI=1S/C15H18O3/c1-9-8-14-13(11(3)15(17)18-14)7-6-12(9)5-4-10(2)16/h4-6,9,13-14H,3,7-8H2,1-2H3/b5-4+/t9-,13+,14-/m1/s1. The first-order valence-corrected chi connectivity index (χ1v) is 6.27. The van der Waals surface area contributed by atoms with Gasteiger partial charge < -0.3 is 4.74 Å². The second-order valence-electron chi connectivity index (χ2n) is 5.10. The lowest BCUT2D eigenvalue weighted by Crippen LogP contribution is -2.17. The Kier molecular flexibility index (Phi) is 3.50. The number of carbonyl (C=O) groups is 2. The van der Waals surface area contributed by atoms with E-state index in [1.807, 2.05) is 6.08 Å². The summed E-state index contributed by atoms with van der Waals surface area (Å²) in [5, 5.41) is 0. The van der Waals surface area contributed by atoms with Crippen molar-refractivity contribution in [2.24, 2.45) is 11.8 Å². The maximum atomic E-state index is 11.5. The first kappa shape index (κ1) is 12.8. The summed E-state index contributed by atoms with van der Waals surface area (Å²) in [6.45, 7) is 7.44. The molecule has 18 heavy (non-hydrogen) atoms. The largest absolute Gasteiger partial charge is 0.458 e. The summed E-state index contributed by atoms with van der Waals surface area (Å²) in [6.07, 6.45) is 7.06. The van der Waals surface area contributed by atoms with Gasteiger partial charge in [-0.25, -0.2) is 4.79 Å². The molecule has 1 aliphatic carbocycles. The van der Waals surface area contributed by atoms with E-state index in [0.29, 0.717) is 5.57 Å². The molecule has 0 unspecified atom stereocenters. The van der Waals surface area contributed by atoms with Gasteiger partial charge in [-0.2, -0.15) is 0 Å². The topological polar surface area (TPSA) is 43.4 Å². The average Bonchev–Trinajstić information content (AvgIpc) is 2.46. The van der Waals surface area contributed by atoms with Crippen molar-refractivity contribution in [2.75, 3.05) is 0 Å². The number of fused-ring (bicyclic) bond motifs is 1. The van der Waals surface area contributed by atoms with Gasteiger partial charge in [0.1, 0.15) is 6.10 Å². The Morgan fingerprint density at radius 2 is 2.28 bits per heavy atom. The minimum Gasteiger partial charge on any atom is -0.458 e. The molecule has 3 heteroatoms. The Bertz CT molecular complexity index is 456. The van der Waals surface area contributed by atoms with Gasteiger partial charge in [-0.15, -0.1) is 0 Å². The summed E-state index contributed by atoms with van der Waals surface area (Å²) >= 11 is 0. The van der Waals surface area contributed by atoms with Crippen molar-refractivity contribution in [3.05, 3.63) is 36.0 Å². The fourth-order valence-electron chi connectivity index (χ4n) is 2.57. The zero-order valence-electron chi connectivity index (χ0n) is 10.8. The highest BCUT2D eigenvalue weighted by Crippen LogP contribution is 2.38. The fourth-order valence-corrected chi connectivity index (χ4v) is 2.57. The van der Waals surface area contributed by atoms with Gasteiger partial charge in [-0.05, 0) is 37.3 Å². The molecule has 1 heterocycles. The molecule has 3 atom stereocenters. The summed E-state index contributed by atoms with van der Waals surface area (Å²) < 4.78 is 5.34. The molecule has 0 aromatic heterocycles. The molecular weight excluding hydrogens is 228 g/mol. The monoisotopic (exact) mass is 246 g/mol. The number of ketones is 1. The zero-order chi connectivity index (χ0) is 13.3. The SMILES string of the molecule is C=C1C(=O)O[C@@H]2C[C@@H](C)C(/C=C/C(C)=O)=CC[C@@H]12. The van der Waals surface area contributed by atoms with E-state index in [9.17, 15) is 9.59 Å². The summed E-state index contributed by atoms with van der Waals surface area (Å²) in [6, 6.07) is 0. The number of rotatable bonds is 2. The zero-order valence-corrected chi connectivity index (χ0v) is 10.8. The van der Waals surface area contributed by atoms with Crippen molar-refractivity contribution in [1.82, 2.24) is 0 Å². The quantitative estimate of drug-likeness (QED) is 0.555. The van der Waals surface area contributed by atoms with Crippen molar-refractivity contribution < 1.29 is 14.3 Å². The van der Waals surface area contributed by atoms with Crippen LogP contribution < -0.4 is 0 Å². The number of allylic oxidation sites excluding steroid dienone is 4. The molecule has 1 aliphatic heterocycles. The molecule has 2 aliphatic rings. The van der Waals surface area contributed by atoms with Gasteiger partial charge in [-0.1, -0.05) is 25.7 Å². The predicted octanol–water partition coefficient (Wildman–Crippen LogP) is 2.59. The second-order valence-corrected chi connectivity index (χ2v) is 5.10. The number of esters is 1. The van der Waals surface area contributed by atoms with Crippen molar-refractivity contribution >= 4 is 11.8 Å². The fraction of sp³-hybridized carbons (Fsp3) is 0.467. The van der Waals surface area contributed by atoms with Crippen LogP contribution in [0.25, 0.3) is 0 Å². The van der Waals surface area contributed by atoms with Crippen molar-refractivity contribution in [1.29, 1.82) is 0 Å². The highest BCUT2D eigenvalue weighted by atomic mass is 16.6. The minimum absolute atomic E-state index is 0.0448. The van der Waals surface area contributed by atoms with Crippen molar-refractivity contribution in [3.63, 3.8) is 0 Å². The van der Waals surface area contributed by atoms with E-state index in [1.165, 1.54) is 6.92 Å². The maximum absolute atomic E-state index is 11.5. The number of hydrogen-bond donors (Lipinski definition) is 0. The minimum atomic E-state index is -0.256. The van der Waals surface area contributed by atoms with Gasteiger partial charge in [0.05, 0.1) is 0 Å². The number of carbonyl (C=O) groups excluding carboxylic acids is 2. The molecule has 0 spiro atoms. The Hall–Kier alpha value is -1.64. The van der Waals surface area contributed by atoms with E-state index >= 15 is 0 Å². The van der Waals surface area contributed by atoms with Gasteiger partial charge in [0.15, 0.2) is 5.78 Å². The Balaban J connectivity index is 2.18. The summed E-state index contributed by atoms with van der Waals surface area (Å²) in [4.78, 5) is 22.4. The first-order valence-electron chi connectivity index (χ1n) is 6.27. The van der Waals surface area contributed by atoms with E-state index in [0.717, 1.165) is 18.4 Å². The maximum Gasteiger partial charge on any atom is 0.334 e. The molecule has 0 N–H and O–H groups in total. The molecule has 0 amide bonds. The van der Waals surface area contributed by atoms with Crippen LogP contribution in [0.15, 0.2) is 36.0 Å². The molecule has 0 aromatic carbocycles. The van der Waals surface area contributed by atoms with Crippen LogP contribution in [0.5, 0.6) is 0 Å². The van der Waals surface area contributed by atoms with Crippen LogP contribution >= 0.6 is 0 Å². The molecule has 2 rings (SSSR count). The molecule has 3 nitrogen and oxygen atoms in total. The summed E-state index contributed by atoms with van der Waals surface area (Å²) in [5.41, 5.74) is 1.73. The lowest BCUT2D eigenvalue weighted by molar-refractivity contribution is -0.139. The average molecular weight is 246 g/mol. The highest BCUT2D eigenvalue weighted by Gasteiger charge is 2.40. The lowest BCUT2D eigenvalue weighted by atomic mass is 9.91. The van der Waals surface area contributed by atoms with Crippen LogP contribution in [-0.2, 0) is 14.3 Å². The van der Waals surface area contributed by atoms with Crippen molar-refractivity contribution in [2.45, 2.75) is 32.8 Å². The number of hydrogen-bond acceptors (Lipinski definition) is 3. The van der Waals surface area contributed by atoms with Crippen LogP contribution in [0.2, 0.25) is 0 Å². The van der Waals surface area contributed by atoms with Gasteiger partial charge in [-0.3, -0.25) is 4.79 Å². The molecule has 0 aromatic rings. The molecule has 0 saturated carbocycles. The third-order valence-electron chi connectivity index (χ3n) is 3.69. The molecule has 1 saturated heterocycles. The summed E-state index contributed by atoms with van der Waals surface area (Å²) in [7, 11) is 0. The Labute approximate surface area is 107 Å². The van der Waals surface area contributed by atoms with Gasteiger partial charge in [0, 0.05) is 11.5 Å². The van der Waals surface area contributed by atoms with E-state index in [-0.39, 0.29) is 29.7 Å². The van der Waals surface area contributed by atoms with Crippen LogP contribution in [0, 0.1) is 11.8 Å². The lowest BCUT2D eigenvalue weighted by Gasteiger charge is -2.16. The Morgan fingerprint density at radius 1 is 1.56 bits per heavy atom. The molecule has 1 fully saturated rings. The van der Waals surface area contributed by atoms with E-state index < -0.39 is 0 Å². The molecule has 0 radical (unpaired) electrons. The third-order valence-corrected chi connectivity index (χ3v) is 3.69. The van der Waals surface area contributed by atoms with Gasteiger partial charge >= 0.3 is 5.97 Å². The predicted molar refractivity (Wildman–Crippen MR) is 68.8 cm³/mol. The van der Waals surface area contributed by atoms with Crippen LogP contribution in [0.4, 0.5) is 0 Å². The normalized spacial score (nSPS) is 31.9. The summed E-state index contributed by atoms with van der Waals surface area (Å²) in [5.74, 6) is 0.175. The van der Waals surface area contributed by atoms with E-state index in [4.69, 9.17) is 4.74 Å².